The Morgan fingerprint density at radius 2 is 2.50 bits per heavy atom. The third-order valence-electron chi connectivity index (χ3n) is 1.28. The fourth-order valence-electron chi connectivity index (χ4n) is 0.719. The second-order valence-corrected chi connectivity index (χ2v) is 3.10. The molecule has 1 aliphatic rings. The molecule has 1 N–H and O–H groups in total. The van der Waals surface area contributed by atoms with Gasteiger partial charge in [0.2, 0.25) is 5.91 Å². The number of hydrogen-bond acceptors (Lipinski definition) is 3. The summed E-state index contributed by atoms with van der Waals surface area (Å²) in [6.07, 6.45) is 1.91. The van der Waals surface area contributed by atoms with Gasteiger partial charge in [-0.2, -0.15) is 11.8 Å². The fourth-order valence-corrected chi connectivity index (χ4v) is 1.06. The molecule has 0 aliphatic carbocycles. The lowest BCUT2D eigenvalue weighted by molar-refractivity contribution is -0.122. The standard InChI is InChI=1S/C6H11NO2S/c1-10-4-6(8)7-5-2-9-3-5/h5H,2-4H2,1H3,(H,7,8). The van der Waals surface area contributed by atoms with Crippen LogP contribution in [0.2, 0.25) is 0 Å². The second kappa shape index (κ2) is 3.83. The molecule has 1 amide bonds. The van der Waals surface area contributed by atoms with Crippen molar-refractivity contribution >= 4 is 17.7 Å². The minimum atomic E-state index is 0.112. The molecule has 4 heteroatoms. The molecule has 0 saturated carbocycles. The third-order valence-corrected chi connectivity index (χ3v) is 1.83. The van der Waals surface area contributed by atoms with Gasteiger partial charge in [0.1, 0.15) is 0 Å². The molecule has 10 heavy (non-hydrogen) atoms. The van der Waals surface area contributed by atoms with Crippen LogP contribution in [0.5, 0.6) is 0 Å². The molecular weight excluding hydrogens is 150 g/mol. The summed E-state index contributed by atoms with van der Waals surface area (Å²) < 4.78 is 4.89. The highest BCUT2D eigenvalue weighted by atomic mass is 32.2. The van der Waals surface area contributed by atoms with Crippen LogP contribution in [-0.4, -0.2) is 37.2 Å². The Labute approximate surface area is 64.5 Å². The highest BCUT2D eigenvalue weighted by Crippen LogP contribution is 2.00. The van der Waals surface area contributed by atoms with Crippen molar-refractivity contribution in [3.63, 3.8) is 0 Å². The van der Waals surface area contributed by atoms with Crippen LogP contribution in [0, 0.1) is 0 Å². The van der Waals surface area contributed by atoms with Crippen LogP contribution in [0.25, 0.3) is 0 Å². The number of ether oxygens (including phenoxy) is 1. The van der Waals surface area contributed by atoms with E-state index in [2.05, 4.69) is 5.32 Å². The van der Waals surface area contributed by atoms with Crippen LogP contribution in [0.1, 0.15) is 0 Å². The van der Waals surface area contributed by atoms with Crippen molar-refractivity contribution in [2.45, 2.75) is 6.04 Å². The molecule has 1 heterocycles. The Kier molecular flexibility index (Phi) is 3.02. The summed E-state index contributed by atoms with van der Waals surface area (Å²) in [4.78, 5) is 10.9. The summed E-state index contributed by atoms with van der Waals surface area (Å²) in [6.45, 7) is 1.36. The molecule has 1 rings (SSSR count). The van der Waals surface area contributed by atoms with E-state index in [-0.39, 0.29) is 11.9 Å². The maximum absolute atomic E-state index is 10.9. The summed E-state index contributed by atoms with van der Waals surface area (Å²) in [5.74, 6) is 0.664. The van der Waals surface area contributed by atoms with Gasteiger partial charge >= 0.3 is 0 Å². The van der Waals surface area contributed by atoms with E-state index in [1.54, 1.807) is 0 Å². The number of carbonyl (C=O) groups excluding carboxylic acids is 1. The molecular formula is C6H11NO2S. The summed E-state index contributed by atoms with van der Waals surface area (Å²) in [5.41, 5.74) is 0. The average Bonchev–Trinajstić information content (AvgIpc) is 1.80. The molecule has 58 valence electrons. The molecule has 3 nitrogen and oxygen atoms in total. The van der Waals surface area contributed by atoms with Crippen LogP contribution >= 0.6 is 11.8 Å². The summed E-state index contributed by atoms with van der Waals surface area (Å²) in [7, 11) is 0. The zero-order chi connectivity index (χ0) is 7.40. The first-order chi connectivity index (χ1) is 4.83. The van der Waals surface area contributed by atoms with Crippen LogP contribution in [-0.2, 0) is 9.53 Å². The van der Waals surface area contributed by atoms with Gasteiger partial charge in [-0.05, 0) is 6.26 Å². The predicted molar refractivity (Wildman–Crippen MR) is 41.1 cm³/mol. The van der Waals surface area contributed by atoms with E-state index >= 15 is 0 Å². The predicted octanol–water partition coefficient (Wildman–Crippen LogP) is -0.136. The topological polar surface area (TPSA) is 38.3 Å². The lowest BCUT2D eigenvalue weighted by Gasteiger charge is -2.26. The van der Waals surface area contributed by atoms with Gasteiger partial charge in [0, 0.05) is 0 Å². The maximum Gasteiger partial charge on any atom is 0.230 e. The molecule has 1 saturated heterocycles. The van der Waals surface area contributed by atoms with Crippen molar-refractivity contribution in [3.05, 3.63) is 0 Å². The van der Waals surface area contributed by atoms with Gasteiger partial charge in [-0.15, -0.1) is 0 Å². The monoisotopic (exact) mass is 161 g/mol. The van der Waals surface area contributed by atoms with Gasteiger partial charge in [-0.25, -0.2) is 0 Å². The van der Waals surface area contributed by atoms with E-state index in [0.717, 1.165) is 0 Å². The number of thioether (sulfide) groups is 1. The Balaban J connectivity index is 2.05. The zero-order valence-corrected chi connectivity index (χ0v) is 6.74. The van der Waals surface area contributed by atoms with Gasteiger partial charge in [-0.3, -0.25) is 4.79 Å². The molecule has 0 atom stereocenters. The molecule has 0 aromatic carbocycles. The van der Waals surface area contributed by atoms with Crippen molar-refractivity contribution in [1.29, 1.82) is 0 Å². The molecule has 0 radical (unpaired) electrons. The Hall–Kier alpha value is -0.220. The van der Waals surface area contributed by atoms with Gasteiger partial charge in [0.05, 0.1) is 25.0 Å². The summed E-state index contributed by atoms with van der Waals surface area (Å²) >= 11 is 1.53. The van der Waals surface area contributed by atoms with Crippen LogP contribution in [0.15, 0.2) is 0 Å². The molecule has 0 unspecified atom stereocenters. The van der Waals surface area contributed by atoms with Crippen molar-refractivity contribution in [2.24, 2.45) is 0 Å². The van der Waals surface area contributed by atoms with E-state index in [9.17, 15) is 4.79 Å². The minimum absolute atomic E-state index is 0.112. The molecule has 1 aliphatic heterocycles. The van der Waals surface area contributed by atoms with Crippen LogP contribution in [0.4, 0.5) is 0 Å². The highest BCUT2D eigenvalue weighted by molar-refractivity contribution is 7.99. The van der Waals surface area contributed by atoms with Gasteiger partial charge in [-0.1, -0.05) is 0 Å². The van der Waals surface area contributed by atoms with E-state index in [1.165, 1.54) is 11.8 Å². The lowest BCUT2D eigenvalue weighted by atomic mass is 10.2. The summed E-state index contributed by atoms with van der Waals surface area (Å²) in [6, 6.07) is 0.277. The van der Waals surface area contributed by atoms with E-state index < -0.39 is 0 Å². The zero-order valence-electron chi connectivity index (χ0n) is 5.92. The Morgan fingerprint density at radius 1 is 1.80 bits per heavy atom. The molecule has 0 aromatic heterocycles. The molecule has 0 bridgehead atoms. The van der Waals surface area contributed by atoms with Crippen molar-refractivity contribution < 1.29 is 9.53 Å². The Morgan fingerprint density at radius 3 is 2.90 bits per heavy atom. The quantitative estimate of drug-likeness (QED) is 0.626. The average molecular weight is 161 g/mol. The highest BCUT2D eigenvalue weighted by Gasteiger charge is 2.19. The molecule has 0 aromatic rings. The molecule has 0 spiro atoms. The third kappa shape index (κ3) is 2.19. The lowest BCUT2D eigenvalue weighted by Crippen LogP contribution is -2.49. The maximum atomic E-state index is 10.9. The van der Waals surface area contributed by atoms with Gasteiger partial charge < -0.3 is 10.1 Å². The first-order valence-electron chi connectivity index (χ1n) is 3.19. The number of carbonyl (C=O) groups is 1. The molecule has 1 fully saturated rings. The van der Waals surface area contributed by atoms with Crippen LogP contribution < -0.4 is 5.32 Å². The van der Waals surface area contributed by atoms with Crippen molar-refractivity contribution in [1.82, 2.24) is 5.32 Å². The first kappa shape index (κ1) is 7.88. The van der Waals surface area contributed by atoms with E-state index in [0.29, 0.717) is 19.0 Å². The van der Waals surface area contributed by atoms with Gasteiger partial charge in [0.25, 0.3) is 0 Å². The van der Waals surface area contributed by atoms with Gasteiger partial charge in [0.15, 0.2) is 0 Å². The number of hydrogen-bond donors (Lipinski definition) is 1. The SMILES string of the molecule is CSCC(=O)NC1COC1. The number of nitrogens with one attached hydrogen (secondary N) is 1. The first-order valence-corrected chi connectivity index (χ1v) is 4.58. The second-order valence-electron chi connectivity index (χ2n) is 2.23. The van der Waals surface area contributed by atoms with E-state index in [4.69, 9.17) is 4.74 Å². The normalized spacial score (nSPS) is 18.1. The van der Waals surface area contributed by atoms with E-state index in [1.807, 2.05) is 6.26 Å². The fraction of sp³-hybridized carbons (Fsp3) is 0.833. The summed E-state index contributed by atoms with van der Waals surface area (Å²) in [5, 5.41) is 2.83. The van der Waals surface area contributed by atoms with Crippen molar-refractivity contribution in [3.8, 4) is 0 Å². The number of rotatable bonds is 3. The smallest absolute Gasteiger partial charge is 0.230 e. The van der Waals surface area contributed by atoms with Crippen LogP contribution in [0.3, 0.4) is 0 Å². The number of amides is 1. The Bertz CT molecular complexity index is 125. The largest absolute Gasteiger partial charge is 0.377 e. The minimum Gasteiger partial charge on any atom is -0.377 e. The van der Waals surface area contributed by atoms with Crippen molar-refractivity contribution in [2.75, 3.05) is 25.2 Å².